The van der Waals surface area contributed by atoms with Crippen molar-refractivity contribution in [2.24, 2.45) is 0 Å². The fraction of sp³-hybridized carbons (Fsp3) is 0.111. The molecule has 0 bridgehead atoms. The summed E-state index contributed by atoms with van der Waals surface area (Å²) in [5, 5.41) is 11.8. The van der Waals surface area contributed by atoms with Gasteiger partial charge in [-0.15, -0.1) is 0 Å². The number of H-pyrrole nitrogens is 1. The molecule has 0 radical (unpaired) electrons. The van der Waals surface area contributed by atoms with Crippen LogP contribution in [0.4, 0.5) is 0 Å². The summed E-state index contributed by atoms with van der Waals surface area (Å²) < 4.78 is 5.79. The molecular formula is C9H6ClN3O5. The van der Waals surface area contributed by atoms with Crippen LogP contribution in [-0.4, -0.2) is 25.8 Å². The molecule has 8 nitrogen and oxygen atoms in total. The molecule has 0 aromatic carbocycles. The molecule has 0 unspecified atom stereocenters. The lowest BCUT2D eigenvalue weighted by atomic mass is 10.3. The minimum atomic E-state index is -1.24. The summed E-state index contributed by atoms with van der Waals surface area (Å²) in [5.41, 5.74) is -1.65. The zero-order valence-corrected chi connectivity index (χ0v) is 9.47. The highest BCUT2D eigenvalue weighted by molar-refractivity contribution is 6.30. The van der Waals surface area contributed by atoms with Crippen molar-refractivity contribution in [2.75, 3.05) is 0 Å². The van der Waals surface area contributed by atoms with Gasteiger partial charge < -0.3 is 9.63 Å². The first-order chi connectivity index (χ1) is 8.47. The first-order valence-electron chi connectivity index (χ1n) is 4.65. The first-order valence-corrected chi connectivity index (χ1v) is 5.03. The highest BCUT2D eigenvalue weighted by Gasteiger charge is 2.12. The van der Waals surface area contributed by atoms with Crippen molar-refractivity contribution in [3.63, 3.8) is 0 Å². The Labute approximate surface area is 103 Å². The molecule has 0 aliphatic rings. The summed E-state index contributed by atoms with van der Waals surface area (Å²) in [4.78, 5) is 35.0. The van der Waals surface area contributed by atoms with Gasteiger partial charge in [0.1, 0.15) is 5.02 Å². The van der Waals surface area contributed by atoms with Crippen molar-refractivity contribution in [3.05, 3.63) is 49.6 Å². The average molecular weight is 272 g/mol. The van der Waals surface area contributed by atoms with Crippen molar-refractivity contribution in [3.8, 4) is 0 Å². The van der Waals surface area contributed by atoms with Crippen molar-refractivity contribution in [1.29, 1.82) is 0 Å². The van der Waals surface area contributed by atoms with Crippen molar-refractivity contribution < 1.29 is 14.4 Å². The Bertz CT molecular complexity index is 713. The Balaban J connectivity index is 2.34. The molecular weight excluding hydrogens is 266 g/mol. The number of nitrogens with one attached hydrogen (secondary N) is 1. The third kappa shape index (κ3) is 2.33. The monoisotopic (exact) mass is 271 g/mol. The molecule has 2 rings (SSSR count). The van der Waals surface area contributed by atoms with Crippen LogP contribution in [0.1, 0.15) is 16.2 Å². The average Bonchev–Trinajstić information content (AvgIpc) is 2.74. The smallest absolute Gasteiger partial charge is 0.358 e. The van der Waals surface area contributed by atoms with E-state index in [9.17, 15) is 14.4 Å². The van der Waals surface area contributed by atoms with Crippen LogP contribution in [-0.2, 0) is 6.54 Å². The van der Waals surface area contributed by atoms with E-state index < -0.39 is 17.2 Å². The molecule has 0 spiro atoms. The lowest BCUT2D eigenvalue weighted by molar-refractivity contribution is 0.0685. The number of hydrogen-bond acceptors (Lipinski definition) is 5. The van der Waals surface area contributed by atoms with E-state index in [-0.39, 0.29) is 23.0 Å². The van der Waals surface area contributed by atoms with E-state index in [4.69, 9.17) is 21.2 Å². The molecule has 0 aliphatic carbocycles. The fourth-order valence-corrected chi connectivity index (χ4v) is 1.42. The Kier molecular flexibility index (Phi) is 3.02. The van der Waals surface area contributed by atoms with Crippen LogP contribution >= 0.6 is 11.6 Å². The molecule has 0 fully saturated rings. The van der Waals surface area contributed by atoms with E-state index in [2.05, 4.69) is 5.16 Å². The molecule has 0 aliphatic heterocycles. The second-order valence-corrected chi connectivity index (χ2v) is 3.76. The molecule has 0 saturated carbocycles. The standard InChI is InChI=1S/C9H6ClN3O5/c10-5-3-13(9(17)11-7(5)14)2-4-1-6(8(15)16)12-18-4/h1,3H,2H2,(H,15,16)(H,11,14,17). The number of carboxylic acids is 1. The lowest BCUT2D eigenvalue weighted by Crippen LogP contribution is -2.29. The fourth-order valence-electron chi connectivity index (χ4n) is 1.26. The van der Waals surface area contributed by atoms with Gasteiger partial charge in [0.25, 0.3) is 5.56 Å². The molecule has 2 heterocycles. The molecule has 18 heavy (non-hydrogen) atoms. The van der Waals surface area contributed by atoms with Gasteiger partial charge in [0, 0.05) is 12.3 Å². The summed E-state index contributed by atoms with van der Waals surface area (Å²) in [6, 6.07) is 1.17. The maximum absolute atomic E-state index is 11.4. The third-order valence-corrected chi connectivity index (χ3v) is 2.34. The van der Waals surface area contributed by atoms with Crippen molar-refractivity contribution in [1.82, 2.24) is 14.7 Å². The molecule has 2 aromatic rings. The van der Waals surface area contributed by atoms with Crippen LogP contribution in [0.5, 0.6) is 0 Å². The minimum absolute atomic E-state index is 0.0877. The topological polar surface area (TPSA) is 118 Å². The number of aromatic nitrogens is 3. The third-order valence-electron chi connectivity index (χ3n) is 2.07. The van der Waals surface area contributed by atoms with Crippen LogP contribution in [0.25, 0.3) is 0 Å². The molecule has 9 heteroatoms. The number of carboxylic acid groups (broad SMARTS) is 1. The minimum Gasteiger partial charge on any atom is -0.476 e. The Morgan fingerprint density at radius 3 is 2.89 bits per heavy atom. The second-order valence-electron chi connectivity index (χ2n) is 3.35. The van der Waals surface area contributed by atoms with E-state index in [0.29, 0.717) is 0 Å². The molecule has 2 aromatic heterocycles. The Morgan fingerprint density at radius 2 is 2.28 bits per heavy atom. The van der Waals surface area contributed by atoms with Crippen LogP contribution in [0.2, 0.25) is 5.02 Å². The zero-order valence-electron chi connectivity index (χ0n) is 8.71. The summed E-state index contributed by atoms with van der Waals surface area (Å²) in [6.45, 7) is -0.0877. The van der Waals surface area contributed by atoms with E-state index in [1.165, 1.54) is 6.07 Å². The SMILES string of the molecule is O=C(O)c1cc(Cn2cc(Cl)c(=O)[nH]c2=O)on1. The van der Waals surface area contributed by atoms with Crippen molar-refractivity contribution >= 4 is 17.6 Å². The highest BCUT2D eigenvalue weighted by Crippen LogP contribution is 2.05. The van der Waals surface area contributed by atoms with E-state index >= 15 is 0 Å². The van der Waals surface area contributed by atoms with Crippen LogP contribution in [0.15, 0.2) is 26.4 Å². The first kappa shape index (κ1) is 12.1. The largest absolute Gasteiger partial charge is 0.476 e. The van der Waals surface area contributed by atoms with Gasteiger partial charge in [0.05, 0.1) is 6.54 Å². The zero-order chi connectivity index (χ0) is 13.3. The number of aromatic carboxylic acids is 1. The number of halogens is 1. The van der Waals surface area contributed by atoms with E-state index in [0.717, 1.165) is 10.8 Å². The normalized spacial score (nSPS) is 10.5. The van der Waals surface area contributed by atoms with Gasteiger partial charge in [-0.2, -0.15) is 0 Å². The lowest BCUT2D eigenvalue weighted by Gasteiger charge is -2.01. The predicted molar refractivity (Wildman–Crippen MR) is 58.9 cm³/mol. The molecule has 0 atom stereocenters. The highest BCUT2D eigenvalue weighted by atomic mass is 35.5. The molecule has 0 saturated heterocycles. The van der Waals surface area contributed by atoms with Crippen LogP contribution in [0, 0.1) is 0 Å². The summed E-state index contributed by atoms with van der Waals surface area (Å²) in [7, 11) is 0. The number of carbonyl (C=O) groups is 1. The van der Waals surface area contributed by atoms with Gasteiger partial charge in [-0.3, -0.25) is 14.3 Å². The van der Waals surface area contributed by atoms with E-state index in [1.807, 2.05) is 4.98 Å². The Morgan fingerprint density at radius 1 is 1.56 bits per heavy atom. The van der Waals surface area contributed by atoms with E-state index in [1.54, 1.807) is 0 Å². The molecule has 0 amide bonds. The van der Waals surface area contributed by atoms with Crippen LogP contribution < -0.4 is 11.2 Å². The summed E-state index contributed by atoms with van der Waals surface area (Å²) >= 11 is 5.56. The van der Waals surface area contributed by atoms with Gasteiger partial charge in [-0.05, 0) is 0 Å². The number of hydrogen-bond donors (Lipinski definition) is 2. The quantitative estimate of drug-likeness (QED) is 0.806. The van der Waals surface area contributed by atoms with Gasteiger partial charge in [-0.25, -0.2) is 9.59 Å². The van der Waals surface area contributed by atoms with Crippen LogP contribution in [0.3, 0.4) is 0 Å². The van der Waals surface area contributed by atoms with Gasteiger partial charge in [-0.1, -0.05) is 16.8 Å². The summed E-state index contributed by atoms with van der Waals surface area (Å²) in [5.74, 6) is -1.09. The van der Waals surface area contributed by atoms with Crippen molar-refractivity contribution in [2.45, 2.75) is 6.54 Å². The number of nitrogens with zero attached hydrogens (tertiary/aromatic N) is 2. The maximum atomic E-state index is 11.4. The van der Waals surface area contributed by atoms with Gasteiger partial charge in [0.2, 0.25) is 0 Å². The maximum Gasteiger partial charge on any atom is 0.358 e. The second kappa shape index (κ2) is 4.49. The number of aromatic amines is 1. The molecule has 2 N–H and O–H groups in total. The molecule has 94 valence electrons. The predicted octanol–water partition coefficient (Wildman–Crippen LogP) is -0.0755. The Hall–Kier alpha value is -2.35. The number of rotatable bonds is 3. The summed E-state index contributed by atoms with van der Waals surface area (Å²) in [6.07, 6.45) is 1.13. The van der Waals surface area contributed by atoms with Gasteiger partial charge >= 0.3 is 11.7 Å². The van der Waals surface area contributed by atoms with Gasteiger partial charge in [0.15, 0.2) is 11.5 Å².